The Balaban J connectivity index is 1.74. The van der Waals surface area contributed by atoms with E-state index in [1.165, 1.54) is 9.80 Å². The first-order chi connectivity index (χ1) is 14.6. The van der Waals surface area contributed by atoms with Crippen LogP contribution in [0.4, 0.5) is 43.8 Å². The SMILES string of the molecule is O=C(Nc1ccc(F)cc1F)N1CCCN(c2ccc(C(F)(F)F)cc2[N+](=O)[O-])CC1. The van der Waals surface area contributed by atoms with Crippen molar-refractivity contribution in [1.82, 2.24) is 4.90 Å². The number of nitro groups is 1. The van der Waals surface area contributed by atoms with E-state index in [1.807, 2.05) is 0 Å². The number of alkyl halides is 3. The van der Waals surface area contributed by atoms with Gasteiger partial charge in [0.1, 0.15) is 17.3 Å². The molecule has 7 nitrogen and oxygen atoms in total. The van der Waals surface area contributed by atoms with Gasteiger partial charge in [0, 0.05) is 38.3 Å². The summed E-state index contributed by atoms with van der Waals surface area (Å²) in [5, 5.41) is 13.7. The minimum atomic E-state index is -4.72. The third kappa shape index (κ3) is 5.19. The van der Waals surface area contributed by atoms with Crippen molar-refractivity contribution in [2.45, 2.75) is 12.6 Å². The minimum Gasteiger partial charge on any atom is -0.364 e. The molecule has 3 rings (SSSR count). The molecule has 1 heterocycles. The molecule has 0 atom stereocenters. The van der Waals surface area contributed by atoms with Crippen LogP contribution in [-0.4, -0.2) is 42.0 Å². The summed E-state index contributed by atoms with van der Waals surface area (Å²) in [5.74, 6) is -1.73. The van der Waals surface area contributed by atoms with Crippen LogP contribution in [0.3, 0.4) is 0 Å². The zero-order valence-electron chi connectivity index (χ0n) is 16.0. The van der Waals surface area contributed by atoms with Gasteiger partial charge >= 0.3 is 12.2 Å². The zero-order chi connectivity index (χ0) is 22.8. The van der Waals surface area contributed by atoms with Crippen molar-refractivity contribution in [3.63, 3.8) is 0 Å². The minimum absolute atomic E-state index is 0.0184. The number of nitro benzene ring substituents is 1. The van der Waals surface area contributed by atoms with Crippen molar-refractivity contribution in [3.8, 4) is 0 Å². The van der Waals surface area contributed by atoms with Gasteiger partial charge in [-0.3, -0.25) is 10.1 Å². The second-order valence-corrected chi connectivity index (χ2v) is 6.84. The van der Waals surface area contributed by atoms with Crippen LogP contribution in [0.15, 0.2) is 36.4 Å². The molecule has 0 aliphatic carbocycles. The summed E-state index contributed by atoms with van der Waals surface area (Å²) in [6.45, 7) is 0.707. The number of amides is 2. The van der Waals surface area contributed by atoms with Crippen LogP contribution in [0.1, 0.15) is 12.0 Å². The fraction of sp³-hybridized carbons (Fsp3) is 0.316. The van der Waals surface area contributed by atoms with E-state index in [0.717, 1.165) is 24.3 Å². The van der Waals surface area contributed by atoms with Crippen LogP contribution in [0.2, 0.25) is 0 Å². The van der Waals surface area contributed by atoms with Crippen LogP contribution in [0.25, 0.3) is 0 Å². The molecule has 1 aliphatic rings. The Morgan fingerprint density at radius 2 is 1.77 bits per heavy atom. The Morgan fingerprint density at radius 3 is 2.42 bits per heavy atom. The highest BCUT2D eigenvalue weighted by atomic mass is 19.4. The molecule has 0 unspecified atom stereocenters. The van der Waals surface area contributed by atoms with Crippen molar-refractivity contribution in [1.29, 1.82) is 0 Å². The quantitative estimate of drug-likeness (QED) is 0.425. The lowest BCUT2D eigenvalue weighted by Crippen LogP contribution is -2.38. The first-order valence-electron chi connectivity index (χ1n) is 9.18. The summed E-state index contributed by atoms with van der Waals surface area (Å²) in [4.78, 5) is 25.8. The number of halogens is 5. The fourth-order valence-corrected chi connectivity index (χ4v) is 3.26. The smallest absolute Gasteiger partial charge is 0.364 e. The predicted molar refractivity (Wildman–Crippen MR) is 102 cm³/mol. The highest BCUT2D eigenvalue weighted by Crippen LogP contribution is 2.36. The number of nitrogens with zero attached hydrogens (tertiary/aromatic N) is 3. The van der Waals surface area contributed by atoms with Crippen LogP contribution >= 0.6 is 0 Å². The van der Waals surface area contributed by atoms with Crippen molar-refractivity contribution >= 4 is 23.1 Å². The number of carbonyl (C=O) groups excluding carboxylic acids is 1. The summed E-state index contributed by atoms with van der Waals surface area (Å²) < 4.78 is 65.5. The monoisotopic (exact) mass is 444 g/mol. The summed E-state index contributed by atoms with van der Waals surface area (Å²) in [6, 6.07) is 4.37. The molecular formula is C19H17F5N4O3. The highest BCUT2D eigenvalue weighted by Gasteiger charge is 2.34. The molecule has 0 spiro atoms. The molecule has 0 radical (unpaired) electrons. The molecule has 166 valence electrons. The van der Waals surface area contributed by atoms with E-state index < -0.39 is 40.0 Å². The van der Waals surface area contributed by atoms with E-state index in [4.69, 9.17) is 0 Å². The third-order valence-corrected chi connectivity index (χ3v) is 4.80. The molecule has 2 amide bonds. The van der Waals surface area contributed by atoms with E-state index >= 15 is 0 Å². The number of benzene rings is 2. The van der Waals surface area contributed by atoms with Crippen LogP contribution < -0.4 is 10.2 Å². The number of carbonyl (C=O) groups is 1. The molecule has 1 fully saturated rings. The van der Waals surface area contributed by atoms with E-state index in [9.17, 15) is 36.9 Å². The number of urea groups is 1. The van der Waals surface area contributed by atoms with Gasteiger partial charge in [0.25, 0.3) is 5.69 Å². The van der Waals surface area contributed by atoms with Gasteiger partial charge in [0.15, 0.2) is 0 Å². The Kier molecular flexibility index (Phi) is 6.27. The maximum Gasteiger partial charge on any atom is 0.416 e. The van der Waals surface area contributed by atoms with Gasteiger partial charge in [0.05, 0.1) is 16.2 Å². The number of hydrogen-bond acceptors (Lipinski definition) is 4. The molecule has 1 saturated heterocycles. The topological polar surface area (TPSA) is 78.7 Å². The average molecular weight is 444 g/mol. The van der Waals surface area contributed by atoms with Crippen molar-refractivity contribution in [2.75, 3.05) is 36.4 Å². The van der Waals surface area contributed by atoms with Gasteiger partial charge in [-0.2, -0.15) is 13.2 Å². The molecule has 0 bridgehead atoms. The molecule has 0 aromatic heterocycles. The first-order valence-corrected chi connectivity index (χ1v) is 9.18. The second kappa shape index (κ2) is 8.74. The summed E-state index contributed by atoms with van der Waals surface area (Å²) in [5.41, 5.74) is -1.99. The number of rotatable bonds is 3. The lowest BCUT2D eigenvalue weighted by Gasteiger charge is -2.24. The van der Waals surface area contributed by atoms with Crippen LogP contribution in [0.5, 0.6) is 0 Å². The molecule has 2 aromatic carbocycles. The molecule has 1 aliphatic heterocycles. The van der Waals surface area contributed by atoms with Gasteiger partial charge in [-0.25, -0.2) is 13.6 Å². The molecule has 31 heavy (non-hydrogen) atoms. The molecule has 12 heteroatoms. The number of anilines is 2. The van der Waals surface area contributed by atoms with E-state index in [0.29, 0.717) is 18.6 Å². The van der Waals surface area contributed by atoms with Crippen molar-refractivity contribution in [3.05, 3.63) is 63.7 Å². The molecular weight excluding hydrogens is 427 g/mol. The molecule has 1 N–H and O–H groups in total. The Bertz CT molecular complexity index is 999. The summed E-state index contributed by atoms with van der Waals surface area (Å²) in [6.07, 6.45) is -4.34. The summed E-state index contributed by atoms with van der Waals surface area (Å²) >= 11 is 0. The molecule has 2 aromatic rings. The van der Waals surface area contributed by atoms with Gasteiger partial charge < -0.3 is 15.1 Å². The number of nitrogens with one attached hydrogen (secondary N) is 1. The average Bonchev–Trinajstić information content (AvgIpc) is 2.95. The predicted octanol–water partition coefficient (Wildman–Crippen LogP) is 4.64. The standard InChI is InChI=1S/C19H17F5N4O3/c20-13-3-4-15(14(21)11-13)25-18(29)27-7-1-6-26(8-9-27)16-5-2-12(19(22,23)24)10-17(16)28(30)31/h2-5,10-11H,1,6-9H2,(H,25,29). The molecule has 0 saturated carbocycles. The lowest BCUT2D eigenvalue weighted by atomic mass is 10.1. The van der Waals surface area contributed by atoms with E-state index in [-0.39, 0.29) is 37.6 Å². The van der Waals surface area contributed by atoms with Crippen molar-refractivity contribution in [2.24, 2.45) is 0 Å². The fourth-order valence-electron chi connectivity index (χ4n) is 3.26. The van der Waals surface area contributed by atoms with Gasteiger partial charge in [-0.1, -0.05) is 0 Å². The van der Waals surface area contributed by atoms with Crippen molar-refractivity contribution < 1.29 is 31.7 Å². The Labute approximate surface area is 173 Å². The summed E-state index contributed by atoms with van der Waals surface area (Å²) in [7, 11) is 0. The Hall–Kier alpha value is -3.44. The van der Waals surface area contributed by atoms with Gasteiger partial charge in [0.2, 0.25) is 0 Å². The third-order valence-electron chi connectivity index (χ3n) is 4.80. The van der Waals surface area contributed by atoms with Gasteiger partial charge in [-0.15, -0.1) is 0 Å². The Morgan fingerprint density at radius 1 is 1.03 bits per heavy atom. The van der Waals surface area contributed by atoms with Gasteiger partial charge in [-0.05, 0) is 30.7 Å². The first kappa shape index (κ1) is 22.2. The largest absolute Gasteiger partial charge is 0.416 e. The maximum atomic E-state index is 13.8. The normalized spacial score (nSPS) is 14.9. The lowest BCUT2D eigenvalue weighted by molar-refractivity contribution is -0.384. The van der Waals surface area contributed by atoms with Crippen LogP contribution in [-0.2, 0) is 6.18 Å². The zero-order valence-corrected chi connectivity index (χ0v) is 16.0. The second-order valence-electron chi connectivity index (χ2n) is 6.84. The highest BCUT2D eigenvalue weighted by molar-refractivity contribution is 5.89. The number of hydrogen-bond donors (Lipinski definition) is 1. The maximum absolute atomic E-state index is 13.8. The van der Waals surface area contributed by atoms with Crippen LogP contribution in [0, 0.1) is 21.7 Å². The van der Waals surface area contributed by atoms with E-state index in [2.05, 4.69) is 5.32 Å². The van der Waals surface area contributed by atoms with E-state index in [1.54, 1.807) is 0 Å².